The molecule has 0 aromatic heterocycles. The second-order valence-electron chi connectivity index (χ2n) is 3.76. The third kappa shape index (κ3) is 2.57. The fraction of sp³-hybridized carbons (Fsp3) is 0.750. The van der Waals surface area contributed by atoms with Crippen molar-refractivity contribution in [1.29, 1.82) is 0 Å². The molecular weight excluding hydrogens is 240 g/mol. The quantitative estimate of drug-likeness (QED) is 0.320. The van der Waals surface area contributed by atoms with E-state index in [0.29, 0.717) is 11.9 Å². The van der Waals surface area contributed by atoms with Gasteiger partial charge in [0.1, 0.15) is 0 Å². The Labute approximate surface area is 97.1 Å². The Morgan fingerprint density at radius 3 is 2.53 bits per heavy atom. The lowest BCUT2D eigenvalue weighted by molar-refractivity contribution is -0.232. The topological polar surface area (TPSA) is 56.2 Å². The van der Waals surface area contributed by atoms with Crippen LogP contribution in [-0.4, -0.2) is 53.5 Å². The van der Waals surface area contributed by atoms with Gasteiger partial charge in [-0.05, 0) is 18.6 Å². The van der Waals surface area contributed by atoms with Crippen LogP contribution >= 0.6 is 0 Å². The maximum Gasteiger partial charge on any atom is 0.510 e. The van der Waals surface area contributed by atoms with E-state index in [1.165, 1.54) is 7.11 Å². The molecule has 0 amide bonds. The smallest absolute Gasteiger partial charge is 0.422 e. The van der Waals surface area contributed by atoms with Gasteiger partial charge >= 0.3 is 7.12 Å². The highest BCUT2D eigenvalue weighted by Crippen LogP contribution is 2.40. The number of hydrogen-bond acceptors (Lipinski definition) is 5. The van der Waals surface area contributed by atoms with Gasteiger partial charge in [-0.2, -0.15) is 0 Å². The Hall–Kier alpha value is -0.765. The van der Waals surface area contributed by atoms with Crippen LogP contribution in [0.5, 0.6) is 0 Å². The number of hydrogen-bond donors (Lipinski definition) is 2. The summed E-state index contributed by atoms with van der Waals surface area (Å²) in [5.74, 6) is -4.57. The minimum Gasteiger partial charge on any atom is -0.422 e. The highest BCUT2D eigenvalue weighted by molar-refractivity contribution is 6.50. The van der Waals surface area contributed by atoms with Crippen molar-refractivity contribution < 1.29 is 28.0 Å². The first-order valence-electron chi connectivity index (χ1n) is 5.01. The van der Waals surface area contributed by atoms with Crippen LogP contribution in [0.4, 0.5) is 13.3 Å². The van der Waals surface area contributed by atoms with Crippen LogP contribution in [0.2, 0.25) is 0 Å². The summed E-state index contributed by atoms with van der Waals surface area (Å²) in [5.41, 5.74) is -0.825. The lowest BCUT2D eigenvalue weighted by atomic mass is 9.84. The number of ether oxygens (including phenoxy) is 1. The van der Waals surface area contributed by atoms with Gasteiger partial charge in [0.05, 0.1) is 5.60 Å². The molecule has 0 aromatic rings. The van der Waals surface area contributed by atoms with E-state index >= 15 is 0 Å². The molecule has 1 aliphatic heterocycles. The first-order valence-corrected chi connectivity index (χ1v) is 5.01. The number of alkyl halides is 1. The molecular formula is C8H14BF3N2O3. The van der Waals surface area contributed by atoms with Crippen molar-refractivity contribution in [3.8, 4) is 0 Å². The zero-order chi connectivity index (χ0) is 13.2. The lowest BCUT2D eigenvalue weighted by Crippen LogP contribution is -2.44. The molecule has 1 rings (SSSR count). The maximum absolute atomic E-state index is 13.6. The Bertz CT molecular complexity index is 314. The predicted octanol–water partition coefficient (Wildman–Crippen LogP) is 0.319. The zero-order valence-corrected chi connectivity index (χ0v) is 9.53. The summed E-state index contributed by atoms with van der Waals surface area (Å²) in [6.07, 6.45) is 0.274. The van der Waals surface area contributed by atoms with Crippen molar-refractivity contribution >= 4 is 7.12 Å². The summed E-state index contributed by atoms with van der Waals surface area (Å²) in [7, 11) is -0.859. The van der Waals surface area contributed by atoms with E-state index in [2.05, 4.69) is 0 Å². The molecule has 9 heteroatoms. The second kappa shape index (κ2) is 5.26. The third-order valence-electron chi connectivity index (χ3n) is 2.42. The number of methoxy groups -OCH3 is 1. The molecule has 1 heterocycles. The number of rotatable bonds is 5. The summed E-state index contributed by atoms with van der Waals surface area (Å²) in [5, 5.41) is 17.9. The normalized spacial score (nSPS) is 25.9. The monoisotopic (exact) mass is 254 g/mol. The first-order chi connectivity index (χ1) is 7.84. The summed E-state index contributed by atoms with van der Waals surface area (Å²) >= 11 is 0. The molecule has 0 saturated carbocycles. The van der Waals surface area contributed by atoms with Gasteiger partial charge in [0.2, 0.25) is 0 Å². The number of hydrazine groups is 1. The summed E-state index contributed by atoms with van der Waals surface area (Å²) in [6.45, 7) is 0.773. The van der Waals surface area contributed by atoms with Gasteiger partial charge in [-0.15, -0.1) is 4.48 Å². The van der Waals surface area contributed by atoms with Crippen LogP contribution in [0.25, 0.3) is 0 Å². The first kappa shape index (κ1) is 14.3. The Morgan fingerprint density at radius 1 is 1.47 bits per heavy atom. The Balaban J connectivity index is 2.88. The largest absolute Gasteiger partial charge is 0.510 e. The van der Waals surface area contributed by atoms with E-state index in [1.54, 1.807) is 0 Å². The summed E-state index contributed by atoms with van der Waals surface area (Å²) in [6, 6.07) is 0. The average molecular weight is 254 g/mol. The molecule has 1 atom stereocenters. The molecule has 2 N–H and O–H groups in total. The van der Waals surface area contributed by atoms with E-state index < -0.39 is 29.6 Å². The van der Waals surface area contributed by atoms with Gasteiger partial charge in [0.15, 0.2) is 5.83 Å². The van der Waals surface area contributed by atoms with E-state index in [4.69, 9.17) is 14.8 Å². The number of nitrogens with zero attached hydrogens (tertiary/aromatic N) is 2. The molecule has 0 radical (unpaired) electrons. The van der Waals surface area contributed by atoms with E-state index in [9.17, 15) is 13.3 Å². The zero-order valence-electron chi connectivity index (χ0n) is 9.53. The number of halogens is 3. The molecule has 0 fully saturated rings. The third-order valence-corrected chi connectivity index (χ3v) is 2.42. The van der Waals surface area contributed by atoms with Crippen molar-refractivity contribution in [2.24, 2.45) is 0 Å². The Kier molecular flexibility index (Phi) is 4.42. The second-order valence-corrected chi connectivity index (χ2v) is 3.76. The molecule has 0 bridgehead atoms. The molecule has 1 unspecified atom stereocenters. The van der Waals surface area contributed by atoms with Crippen molar-refractivity contribution in [3.63, 3.8) is 0 Å². The van der Waals surface area contributed by atoms with Crippen molar-refractivity contribution in [1.82, 2.24) is 10.2 Å². The van der Waals surface area contributed by atoms with Crippen molar-refractivity contribution in [2.45, 2.75) is 19.1 Å². The van der Waals surface area contributed by atoms with Crippen molar-refractivity contribution in [3.05, 3.63) is 11.4 Å². The van der Waals surface area contributed by atoms with Gasteiger partial charge in [-0.25, -0.2) is 8.78 Å². The average Bonchev–Trinajstić information content (AvgIpc) is 2.41. The SMILES string of the molecule is COCCCN1C(B(O)O)=C(F)C(C)(F)N1F. The molecule has 98 valence electrons. The molecule has 17 heavy (non-hydrogen) atoms. The molecule has 1 aliphatic rings. The minimum absolute atomic E-state index is 0.135. The summed E-state index contributed by atoms with van der Waals surface area (Å²) < 4.78 is 45.3. The fourth-order valence-electron chi connectivity index (χ4n) is 1.56. The molecule has 0 spiro atoms. The van der Waals surface area contributed by atoms with Crippen molar-refractivity contribution in [2.75, 3.05) is 20.3 Å². The Morgan fingerprint density at radius 2 is 2.06 bits per heavy atom. The summed E-state index contributed by atoms with van der Waals surface area (Å²) in [4.78, 5) is 0. The van der Waals surface area contributed by atoms with E-state index in [1.807, 2.05) is 0 Å². The van der Waals surface area contributed by atoms with Crippen LogP contribution in [0.3, 0.4) is 0 Å². The van der Waals surface area contributed by atoms with Crippen LogP contribution < -0.4 is 0 Å². The van der Waals surface area contributed by atoms with Gasteiger partial charge in [-0.3, -0.25) is 5.01 Å². The van der Waals surface area contributed by atoms with Crippen LogP contribution in [0, 0.1) is 0 Å². The van der Waals surface area contributed by atoms with E-state index in [-0.39, 0.29) is 19.6 Å². The van der Waals surface area contributed by atoms with Gasteiger partial charge in [0.25, 0.3) is 5.79 Å². The maximum atomic E-state index is 13.6. The highest BCUT2D eigenvalue weighted by atomic mass is 19.2. The standard InChI is InChI=1S/C8H14BF3N2O3/c1-8(11)6(10)7(9(15)16)13(14(8)12)4-3-5-17-2/h15-16H,3-5H2,1-2H3. The fourth-order valence-corrected chi connectivity index (χ4v) is 1.56. The molecule has 5 nitrogen and oxygen atoms in total. The molecule has 0 aliphatic carbocycles. The van der Waals surface area contributed by atoms with E-state index in [0.717, 1.165) is 0 Å². The predicted molar refractivity (Wildman–Crippen MR) is 54.0 cm³/mol. The molecule has 0 saturated heterocycles. The highest BCUT2D eigenvalue weighted by Gasteiger charge is 2.53. The van der Waals surface area contributed by atoms with Crippen LogP contribution in [-0.2, 0) is 4.74 Å². The van der Waals surface area contributed by atoms with Crippen LogP contribution in [0.1, 0.15) is 13.3 Å². The van der Waals surface area contributed by atoms with Gasteiger partial charge in [0, 0.05) is 20.3 Å². The van der Waals surface area contributed by atoms with Gasteiger partial charge < -0.3 is 14.8 Å². The molecule has 0 aromatic carbocycles. The minimum atomic E-state index is -3.02. The lowest BCUT2D eigenvalue weighted by Gasteiger charge is -2.28. The van der Waals surface area contributed by atoms with Gasteiger partial charge in [-0.1, -0.05) is 0 Å². The van der Waals surface area contributed by atoms with Crippen LogP contribution in [0.15, 0.2) is 11.4 Å².